The second kappa shape index (κ2) is 2.50. The highest BCUT2D eigenvalue weighted by Gasteiger charge is 2.06. The van der Waals surface area contributed by atoms with Crippen LogP contribution in [0.2, 0.25) is 0 Å². The third-order valence-corrected chi connectivity index (χ3v) is 1.02. The maximum Gasteiger partial charge on any atom is 0.150 e. The first kappa shape index (κ1) is 5.35. The Morgan fingerprint density at radius 3 is 3.25 bits per heavy atom. The molecule has 1 unspecified atom stereocenters. The Morgan fingerprint density at radius 2 is 2.75 bits per heavy atom. The summed E-state index contributed by atoms with van der Waals surface area (Å²) >= 11 is 0. The summed E-state index contributed by atoms with van der Waals surface area (Å²) in [5.74, 6) is 0. The summed E-state index contributed by atoms with van der Waals surface area (Å²) in [4.78, 5) is 4.88. The fourth-order valence-corrected chi connectivity index (χ4v) is 0.640. The van der Waals surface area contributed by atoms with Crippen LogP contribution < -0.4 is 0 Å². The van der Waals surface area contributed by atoms with Crippen molar-refractivity contribution in [3.05, 3.63) is 12.2 Å². The highest BCUT2D eigenvalue weighted by Crippen LogP contribution is 2.04. The van der Waals surface area contributed by atoms with Crippen molar-refractivity contribution in [1.29, 1.82) is 0 Å². The van der Waals surface area contributed by atoms with Gasteiger partial charge in [-0.3, -0.25) is 0 Å². The smallest absolute Gasteiger partial charge is 0.150 e. The van der Waals surface area contributed by atoms with Crippen molar-refractivity contribution in [2.45, 2.75) is 19.4 Å². The van der Waals surface area contributed by atoms with Gasteiger partial charge < -0.3 is 4.84 Å². The zero-order valence-electron chi connectivity index (χ0n) is 4.87. The molecular weight excluding hydrogens is 102 g/mol. The molecule has 1 aliphatic rings. The molecule has 8 heavy (non-hydrogen) atoms. The monoisotopic (exact) mass is 111 g/mol. The minimum absolute atomic E-state index is 0.208. The van der Waals surface area contributed by atoms with Gasteiger partial charge in [0.25, 0.3) is 0 Å². The van der Waals surface area contributed by atoms with E-state index in [1.165, 1.54) is 0 Å². The lowest BCUT2D eigenvalue weighted by Crippen LogP contribution is -1.98. The van der Waals surface area contributed by atoms with Gasteiger partial charge in [-0.25, -0.2) is 0 Å². The average molecular weight is 111 g/mol. The van der Waals surface area contributed by atoms with Crippen LogP contribution in [0.4, 0.5) is 0 Å². The molecule has 0 aromatic rings. The Hall–Kier alpha value is -0.790. The van der Waals surface area contributed by atoms with Crippen LogP contribution >= 0.6 is 0 Å². The van der Waals surface area contributed by atoms with Crippen LogP contribution in [-0.2, 0) is 4.84 Å². The van der Waals surface area contributed by atoms with Crippen LogP contribution in [-0.4, -0.2) is 12.3 Å². The van der Waals surface area contributed by atoms with E-state index < -0.39 is 0 Å². The topological polar surface area (TPSA) is 21.6 Å². The molecule has 0 fully saturated rings. The molecule has 0 spiro atoms. The molecule has 44 valence electrons. The normalized spacial score (nSPS) is 26.9. The molecule has 0 N–H and O–H groups in total. The number of oxime groups is 1. The average Bonchev–Trinajstić information content (AvgIpc) is 2.19. The second-order valence-corrected chi connectivity index (χ2v) is 1.69. The number of allylic oxidation sites excluding steroid dienone is 1. The Labute approximate surface area is 48.8 Å². The molecule has 0 aliphatic carbocycles. The van der Waals surface area contributed by atoms with Gasteiger partial charge in [-0.05, 0) is 13.0 Å². The van der Waals surface area contributed by atoms with Gasteiger partial charge in [0.05, 0.1) is 0 Å². The zero-order valence-corrected chi connectivity index (χ0v) is 4.87. The fourth-order valence-electron chi connectivity index (χ4n) is 0.640. The lowest BCUT2D eigenvalue weighted by atomic mass is 10.2. The molecule has 0 radical (unpaired) electrons. The van der Waals surface area contributed by atoms with Crippen molar-refractivity contribution in [3.8, 4) is 0 Å². The summed E-state index contributed by atoms with van der Waals surface area (Å²) in [6, 6.07) is 0. The van der Waals surface area contributed by atoms with Gasteiger partial charge in [0.15, 0.2) is 6.10 Å². The Bertz CT molecular complexity index is 110. The van der Waals surface area contributed by atoms with Crippen LogP contribution in [0.25, 0.3) is 0 Å². The van der Waals surface area contributed by atoms with Crippen molar-refractivity contribution in [2.24, 2.45) is 5.16 Å². The first-order chi connectivity index (χ1) is 3.93. The molecule has 0 amide bonds. The number of hydrogen-bond donors (Lipinski definition) is 0. The molecule has 1 heterocycles. The molecule has 0 aromatic carbocycles. The summed E-state index contributed by atoms with van der Waals surface area (Å²) in [6.07, 6.45) is 6.88. The van der Waals surface area contributed by atoms with Crippen LogP contribution in [0.15, 0.2) is 17.3 Å². The van der Waals surface area contributed by atoms with E-state index in [1.807, 2.05) is 19.1 Å². The van der Waals surface area contributed by atoms with Crippen molar-refractivity contribution < 1.29 is 4.84 Å². The second-order valence-electron chi connectivity index (χ2n) is 1.69. The maximum absolute atomic E-state index is 4.88. The molecule has 2 heteroatoms. The van der Waals surface area contributed by atoms with Gasteiger partial charge in [0.1, 0.15) is 0 Å². The van der Waals surface area contributed by atoms with Gasteiger partial charge in [-0.1, -0.05) is 11.2 Å². The van der Waals surface area contributed by atoms with Crippen molar-refractivity contribution in [1.82, 2.24) is 0 Å². The largest absolute Gasteiger partial charge is 0.388 e. The van der Waals surface area contributed by atoms with Crippen molar-refractivity contribution in [3.63, 3.8) is 0 Å². The number of nitrogens with zero attached hydrogens (tertiary/aromatic N) is 1. The summed E-state index contributed by atoms with van der Waals surface area (Å²) in [7, 11) is 0. The van der Waals surface area contributed by atoms with Crippen LogP contribution in [0.5, 0.6) is 0 Å². The van der Waals surface area contributed by atoms with Crippen LogP contribution in [0.3, 0.4) is 0 Å². The Kier molecular flexibility index (Phi) is 1.67. The first-order valence-corrected chi connectivity index (χ1v) is 2.74. The van der Waals surface area contributed by atoms with Gasteiger partial charge in [-0.2, -0.15) is 0 Å². The standard InChI is InChI=1S/C6H9NO/c1-2-3-6-4-5-7-8-6/h2-3,5-6H,4H2,1H3. The first-order valence-electron chi connectivity index (χ1n) is 2.74. The van der Waals surface area contributed by atoms with Gasteiger partial charge >= 0.3 is 0 Å². The molecule has 0 saturated carbocycles. The Balaban J connectivity index is 2.30. The lowest BCUT2D eigenvalue weighted by Gasteiger charge is -1.97. The Morgan fingerprint density at radius 1 is 1.88 bits per heavy atom. The molecule has 1 atom stereocenters. The van der Waals surface area contributed by atoms with E-state index in [-0.39, 0.29) is 6.10 Å². The summed E-state index contributed by atoms with van der Waals surface area (Å²) in [5.41, 5.74) is 0. The molecule has 0 bridgehead atoms. The van der Waals surface area contributed by atoms with E-state index in [2.05, 4.69) is 5.16 Å². The molecule has 1 rings (SSSR count). The quantitative estimate of drug-likeness (QED) is 0.468. The van der Waals surface area contributed by atoms with Crippen molar-refractivity contribution in [2.75, 3.05) is 0 Å². The molecule has 0 saturated heterocycles. The van der Waals surface area contributed by atoms with Gasteiger partial charge in [0, 0.05) is 12.6 Å². The highest BCUT2D eigenvalue weighted by molar-refractivity contribution is 5.59. The van der Waals surface area contributed by atoms with E-state index in [0.717, 1.165) is 6.42 Å². The predicted octanol–water partition coefficient (Wildman–Crippen LogP) is 1.34. The highest BCUT2D eigenvalue weighted by atomic mass is 16.6. The lowest BCUT2D eigenvalue weighted by molar-refractivity contribution is 0.120. The van der Waals surface area contributed by atoms with E-state index in [1.54, 1.807) is 6.21 Å². The van der Waals surface area contributed by atoms with Gasteiger partial charge in [0.2, 0.25) is 0 Å². The van der Waals surface area contributed by atoms with E-state index in [4.69, 9.17) is 4.84 Å². The molecule has 1 aliphatic heterocycles. The molecule has 0 aromatic heterocycles. The predicted molar refractivity (Wildman–Crippen MR) is 32.8 cm³/mol. The minimum Gasteiger partial charge on any atom is -0.388 e. The third kappa shape index (κ3) is 1.09. The number of hydrogen-bond acceptors (Lipinski definition) is 2. The molecule has 2 nitrogen and oxygen atoms in total. The van der Waals surface area contributed by atoms with E-state index in [9.17, 15) is 0 Å². The SMILES string of the molecule is CC=CC1CC=NO1. The molecular formula is C6H9NO. The minimum atomic E-state index is 0.208. The summed E-state index contributed by atoms with van der Waals surface area (Å²) in [5, 5.41) is 3.61. The summed E-state index contributed by atoms with van der Waals surface area (Å²) in [6.45, 7) is 1.97. The fraction of sp³-hybridized carbons (Fsp3) is 0.500. The van der Waals surface area contributed by atoms with Crippen LogP contribution in [0, 0.1) is 0 Å². The van der Waals surface area contributed by atoms with Gasteiger partial charge in [-0.15, -0.1) is 0 Å². The number of rotatable bonds is 1. The van der Waals surface area contributed by atoms with Crippen LogP contribution in [0.1, 0.15) is 13.3 Å². The zero-order chi connectivity index (χ0) is 5.82. The van der Waals surface area contributed by atoms with E-state index in [0.29, 0.717) is 0 Å². The summed E-state index contributed by atoms with van der Waals surface area (Å²) < 4.78 is 0. The maximum atomic E-state index is 4.88. The van der Waals surface area contributed by atoms with E-state index >= 15 is 0 Å². The third-order valence-electron chi connectivity index (χ3n) is 1.02. The van der Waals surface area contributed by atoms with Crippen molar-refractivity contribution >= 4 is 6.21 Å².